The van der Waals surface area contributed by atoms with Gasteiger partial charge >= 0.3 is 0 Å². The Morgan fingerprint density at radius 1 is 1.45 bits per heavy atom. The molecule has 118 valence electrons. The summed E-state index contributed by atoms with van der Waals surface area (Å²) in [5.41, 5.74) is 0.841. The van der Waals surface area contributed by atoms with E-state index in [4.69, 9.17) is 17.0 Å². The fourth-order valence-corrected chi connectivity index (χ4v) is 3.57. The number of rotatable bonds is 6. The summed E-state index contributed by atoms with van der Waals surface area (Å²) in [5, 5.41) is 11.5. The third-order valence-corrected chi connectivity index (χ3v) is 4.34. The molecule has 1 aromatic heterocycles. The van der Waals surface area contributed by atoms with Crippen molar-refractivity contribution in [3.8, 4) is 5.75 Å². The van der Waals surface area contributed by atoms with Gasteiger partial charge in [0.05, 0.1) is 17.8 Å². The summed E-state index contributed by atoms with van der Waals surface area (Å²) in [6.45, 7) is 2.14. The largest absolute Gasteiger partial charge is 0.495 e. The average Bonchev–Trinajstić information content (AvgIpc) is 2.82. The van der Waals surface area contributed by atoms with Crippen molar-refractivity contribution in [2.24, 2.45) is 5.10 Å². The van der Waals surface area contributed by atoms with Gasteiger partial charge < -0.3 is 4.74 Å². The van der Waals surface area contributed by atoms with Crippen molar-refractivity contribution >= 4 is 50.3 Å². The molecule has 0 aliphatic carbocycles. The van der Waals surface area contributed by atoms with Crippen LogP contribution < -0.4 is 4.74 Å². The summed E-state index contributed by atoms with van der Waals surface area (Å²) < 4.78 is 9.33. The van der Waals surface area contributed by atoms with Gasteiger partial charge in [-0.15, -0.1) is 0 Å². The molecule has 0 aliphatic rings. The molecular formula is C14H16Br2N4OS. The molecule has 0 amide bonds. The molecule has 22 heavy (non-hydrogen) atoms. The van der Waals surface area contributed by atoms with Crippen molar-refractivity contribution < 1.29 is 4.74 Å². The Morgan fingerprint density at radius 2 is 2.23 bits per heavy atom. The second-order valence-corrected chi connectivity index (χ2v) is 6.77. The average molecular weight is 448 g/mol. The number of ether oxygens (including phenoxy) is 1. The Hall–Kier alpha value is -0.990. The van der Waals surface area contributed by atoms with Gasteiger partial charge in [-0.25, -0.2) is 0 Å². The van der Waals surface area contributed by atoms with Gasteiger partial charge in [0.15, 0.2) is 5.82 Å². The highest BCUT2D eigenvalue weighted by Crippen LogP contribution is 2.31. The van der Waals surface area contributed by atoms with E-state index in [1.807, 2.05) is 12.1 Å². The number of aromatic amines is 1. The second kappa shape index (κ2) is 8.03. The van der Waals surface area contributed by atoms with Crippen LogP contribution in [-0.4, -0.2) is 28.2 Å². The molecule has 0 spiro atoms. The van der Waals surface area contributed by atoms with Crippen LogP contribution in [0.4, 0.5) is 0 Å². The summed E-state index contributed by atoms with van der Waals surface area (Å²) >= 11 is 12.2. The van der Waals surface area contributed by atoms with Crippen LogP contribution >= 0.6 is 44.1 Å². The van der Waals surface area contributed by atoms with Crippen LogP contribution in [0.25, 0.3) is 0 Å². The molecule has 1 heterocycles. The maximum absolute atomic E-state index is 5.41. The van der Waals surface area contributed by atoms with E-state index in [0.717, 1.165) is 45.3 Å². The zero-order valence-electron chi connectivity index (χ0n) is 12.3. The first-order valence-corrected chi connectivity index (χ1v) is 8.80. The van der Waals surface area contributed by atoms with Crippen LogP contribution in [-0.2, 0) is 6.42 Å². The molecule has 0 bridgehead atoms. The third-order valence-electron chi connectivity index (χ3n) is 3.02. The van der Waals surface area contributed by atoms with Crippen molar-refractivity contribution in [1.82, 2.24) is 14.9 Å². The van der Waals surface area contributed by atoms with Gasteiger partial charge in [0.1, 0.15) is 5.75 Å². The number of halogens is 2. The monoisotopic (exact) mass is 446 g/mol. The van der Waals surface area contributed by atoms with Crippen molar-refractivity contribution in [1.29, 1.82) is 0 Å². The van der Waals surface area contributed by atoms with Crippen LogP contribution in [0.1, 0.15) is 31.2 Å². The summed E-state index contributed by atoms with van der Waals surface area (Å²) in [5.74, 6) is 1.55. The first-order valence-electron chi connectivity index (χ1n) is 6.80. The molecule has 0 saturated heterocycles. The SMILES string of the molecule is CCCCc1n[nH]c(=S)n1/N=C\c1cc(Br)cc(Br)c1OC. The molecular weight excluding hydrogens is 432 g/mol. The van der Waals surface area contributed by atoms with Gasteiger partial charge in [0, 0.05) is 16.5 Å². The predicted octanol–water partition coefficient (Wildman–Crippen LogP) is 4.70. The Morgan fingerprint density at radius 3 is 2.91 bits per heavy atom. The molecule has 0 unspecified atom stereocenters. The fraction of sp³-hybridized carbons (Fsp3) is 0.357. The summed E-state index contributed by atoms with van der Waals surface area (Å²) in [6, 6.07) is 3.86. The Labute approximate surface area is 151 Å². The number of hydrogen-bond acceptors (Lipinski definition) is 4. The highest BCUT2D eigenvalue weighted by atomic mass is 79.9. The lowest BCUT2D eigenvalue weighted by Crippen LogP contribution is -2.00. The van der Waals surface area contributed by atoms with E-state index in [-0.39, 0.29) is 0 Å². The van der Waals surface area contributed by atoms with E-state index in [2.05, 4.69) is 54.1 Å². The number of H-pyrrole nitrogens is 1. The number of hydrogen-bond donors (Lipinski definition) is 1. The standard InChI is InChI=1S/C14H16Br2N4OS/c1-3-4-5-12-18-19-14(22)20(12)17-8-9-6-10(15)7-11(16)13(9)21-2/h6-8H,3-5H2,1-2H3,(H,19,22)/b17-8-. The smallest absolute Gasteiger partial charge is 0.216 e. The molecule has 0 aliphatic heterocycles. The molecule has 1 N–H and O–H groups in total. The van der Waals surface area contributed by atoms with Crippen LogP contribution in [0, 0.1) is 4.77 Å². The van der Waals surface area contributed by atoms with E-state index < -0.39 is 0 Å². The van der Waals surface area contributed by atoms with E-state index >= 15 is 0 Å². The minimum Gasteiger partial charge on any atom is -0.495 e. The number of benzene rings is 1. The van der Waals surface area contributed by atoms with Crippen molar-refractivity contribution in [3.05, 3.63) is 37.2 Å². The van der Waals surface area contributed by atoms with Crippen LogP contribution in [0.15, 0.2) is 26.2 Å². The molecule has 0 fully saturated rings. The van der Waals surface area contributed by atoms with Crippen LogP contribution in [0.2, 0.25) is 0 Å². The van der Waals surface area contributed by atoms with Gasteiger partial charge in [0.2, 0.25) is 4.77 Å². The highest BCUT2D eigenvalue weighted by Gasteiger charge is 2.09. The van der Waals surface area contributed by atoms with Gasteiger partial charge in [-0.05, 0) is 46.7 Å². The number of aromatic nitrogens is 3. The van der Waals surface area contributed by atoms with Crippen LogP contribution in [0.3, 0.4) is 0 Å². The molecule has 0 saturated carbocycles. The quantitative estimate of drug-likeness (QED) is 0.515. The molecule has 0 atom stereocenters. The number of unbranched alkanes of at least 4 members (excludes halogenated alkanes) is 1. The van der Waals surface area contributed by atoms with Gasteiger partial charge in [-0.2, -0.15) is 14.9 Å². The normalized spacial score (nSPS) is 11.3. The molecule has 8 heteroatoms. The lowest BCUT2D eigenvalue weighted by Gasteiger charge is -2.08. The molecule has 5 nitrogen and oxygen atoms in total. The first-order chi connectivity index (χ1) is 10.6. The van der Waals surface area contributed by atoms with E-state index in [0.29, 0.717) is 4.77 Å². The van der Waals surface area contributed by atoms with Gasteiger partial charge in [0.25, 0.3) is 0 Å². The lowest BCUT2D eigenvalue weighted by molar-refractivity contribution is 0.411. The zero-order chi connectivity index (χ0) is 16.1. The van der Waals surface area contributed by atoms with Gasteiger partial charge in [-0.3, -0.25) is 5.10 Å². The third kappa shape index (κ3) is 4.05. The van der Waals surface area contributed by atoms with Crippen molar-refractivity contribution in [2.75, 3.05) is 7.11 Å². The Bertz CT molecular complexity index is 739. The number of methoxy groups -OCH3 is 1. The van der Waals surface area contributed by atoms with E-state index in [1.165, 1.54) is 0 Å². The predicted molar refractivity (Wildman–Crippen MR) is 97.4 cm³/mol. The number of aryl methyl sites for hydroxylation is 1. The Balaban J connectivity index is 2.37. The van der Waals surface area contributed by atoms with E-state index in [1.54, 1.807) is 18.0 Å². The Kier molecular flexibility index (Phi) is 6.34. The lowest BCUT2D eigenvalue weighted by atomic mass is 10.2. The number of nitrogens with zero attached hydrogens (tertiary/aromatic N) is 3. The second-order valence-electron chi connectivity index (χ2n) is 4.62. The summed E-state index contributed by atoms with van der Waals surface area (Å²) in [4.78, 5) is 0. The molecule has 0 radical (unpaired) electrons. The van der Waals surface area contributed by atoms with Crippen molar-refractivity contribution in [2.45, 2.75) is 26.2 Å². The van der Waals surface area contributed by atoms with Crippen LogP contribution in [0.5, 0.6) is 5.75 Å². The topological polar surface area (TPSA) is 55.2 Å². The van der Waals surface area contributed by atoms with Crippen molar-refractivity contribution in [3.63, 3.8) is 0 Å². The first kappa shape index (κ1) is 17.4. The minimum atomic E-state index is 0.482. The van der Waals surface area contributed by atoms with Gasteiger partial charge in [-0.1, -0.05) is 29.3 Å². The summed E-state index contributed by atoms with van der Waals surface area (Å²) in [7, 11) is 1.63. The maximum atomic E-state index is 5.41. The zero-order valence-corrected chi connectivity index (χ0v) is 16.3. The fourth-order valence-electron chi connectivity index (χ4n) is 1.95. The number of nitrogens with one attached hydrogen (secondary N) is 1. The molecule has 2 rings (SSSR count). The maximum Gasteiger partial charge on any atom is 0.216 e. The molecule has 1 aromatic carbocycles. The van der Waals surface area contributed by atoms with E-state index in [9.17, 15) is 0 Å². The minimum absolute atomic E-state index is 0.482. The highest BCUT2D eigenvalue weighted by molar-refractivity contribution is 9.11. The molecule has 2 aromatic rings. The summed E-state index contributed by atoms with van der Waals surface area (Å²) in [6.07, 6.45) is 4.69.